The molecule has 0 aliphatic heterocycles. The smallest absolute Gasteiger partial charge is 0.0175 e. The zero-order chi connectivity index (χ0) is 11.4. The molecule has 0 atom stereocenters. The van der Waals surface area contributed by atoms with Crippen molar-refractivity contribution in [2.75, 3.05) is 0 Å². The highest BCUT2D eigenvalue weighted by Gasteiger charge is 2.30. The van der Waals surface area contributed by atoms with Crippen molar-refractivity contribution in [1.29, 1.82) is 0 Å². The monoisotopic (exact) mass is 280 g/mol. The van der Waals surface area contributed by atoms with E-state index in [2.05, 4.69) is 47.1 Å². The molecule has 1 fully saturated rings. The zero-order valence-corrected chi connectivity index (χ0v) is 11.7. The number of halogens is 1. The molecule has 0 bridgehead atoms. The lowest BCUT2D eigenvalue weighted by Gasteiger charge is -2.32. The van der Waals surface area contributed by atoms with Crippen molar-refractivity contribution in [1.82, 2.24) is 0 Å². The fourth-order valence-electron chi connectivity index (χ4n) is 3.06. The van der Waals surface area contributed by atoms with Gasteiger partial charge in [-0.2, -0.15) is 0 Å². The average molecular weight is 281 g/mol. The molecule has 1 aromatic carbocycles. The summed E-state index contributed by atoms with van der Waals surface area (Å²) in [5, 5.41) is 0. The molecule has 1 aromatic rings. The van der Waals surface area contributed by atoms with Crippen molar-refractivity contribution >= 4 is 15.9 Å². The lowest BCUT2D eigenvalue weighted by Crippen LogP contribution is -2.24. The normalized spacial score (nSPS) is 20.4. The maximum absolute atomic E-state index is 3.52. The van der Waals surface area contributed by atoms with Crippen LogP contribution < -0.4 is 0 Å². The number of hydrogen-bond acceptors (Lipinski definition) is 0. The van der Waals surface area contributed by atoms with E-state index in [1.54, 1.807) is 5.56 Å². The molecule has 0 saturated heterocycles. The summed E-state index contributed by atoms with van der Waals surface area (Å²) in [6.07, 6.45) is 9.72. The third-order valence-corrected chi connectivity index (χ3v) is 4.72. The third-order valence-electron chi connectivity index (χ3n) is 4.19. The lowest BCUT2D eigenvalue weighted by atomic mass is 9.72. The van der Waals surface area contributed by atoms with Crippen LogP contribution in [0, 0.1) is 0 Å². The van der Waals surface area contributed by atoms with E-state index in [1.165, 1.54) is 49.4 Å². The Labute approximate surface area is 108 Å². The number of benzene rings is 1. The summed E-state index contributed by atoms with van der Waals surface area (Å²) in [5.41, 5.74) is 2.03. The first-order chi connectivity index (χ1) is 7.77. The van der Waals surface area contributed by atoms with Gasteiger partial charge in [-0.3, -0.25) is 0 Å². The Morgan fingerprint density at radius 2 is 1.56 bits per heavy atom. The molecule has 0 aromatic heterocycles. The molecule has 0 amide bonds. The van der Waals surface area contributed by atoms with Gasteiger partial charge in [-0.05, 0) is 42.4 Å². The van der Waals surface area contributed by atoms with Crippen molar-refractivity contribution in [2.24, 2.45) is 0 Å². The summed E-state index contributed by atoms with van der Waals surface area (Å²) in [6, 6.07) is 9.02. The van der Waals surface area contributed by atoms with Crippen molar-refractivity contribution in [3.8, 4) is 0 Å². The minimum Gasteiger partial charge on any atom is -0.0645 e. The topological polar surface area (TPSA) is 0 Å². The molecule has 1 heteroatoms. The third kappa shape index (κ3) is 2.51. The predicted octanol–water partition coefficient (Wildman–Crippen LogP) is 5.45. The highest BCUT2D eigenvalue weighted by molar-refractivity contribution is 9.10. The summed E-state index contributed by atoms with van der Waals surface area (Å²) in [5.74, 6) is 0. The van der Waals surface area contributed by atoms with Gasteiger partial charge in [0.25, 0.3) is 0 Å². The van der Waals surface area contributed by atoms with Crippen LogP contribution >= 0.6 is 15.9 Å². The molecule has 1 aliphatic carbocycles. The van der Waals surface area contributed by atoms with E-state index in [0.29, 0.717) is 5.41 Å². The Hall–Kier alpha value is -0.300. The minimum absolute atomic E-state index is 0.469. The Bertz CT molecular complexity index is 318. The fraction of sp³-hybridized carbons (Fsp3) is 0.600. The summed E-state index contributed by atoms with van der Waals surface area (Å²) in [4.78, 5) is 0. The van der Waals surface area contributed by atoms with Crippen LogP contribution in [0.25, 0.3) is 0 Å². The van der Waals surface area contributed by atoms with Gasteiger partial charge < -0.3 is 0 Å². The second-order valence-corrected chi connectivity index (χ2v) is 5.97. The summed E-state index contributed by atoms with van der Waals surface area (Å²) in [7, 11) is 0. The summed E-state index contributed by atoms with van der Waals surface area (Å²) >= 11 is 3.52. The van der Waals surface area contributed by atoms with Crippen LogP contribution in [0.2, 0.25) is 0 Å². The van der Waals surface area contributed by atoms with Gasteiger partial charge in [0.2, 0.25) is 0 Å². The van der Waals surface area contributed by atoms with Crippen molar-refractivity contribution < 1.29 is 0 Å². The maximum Gasteiger partial charge on any atom is 0.0175 e. The van der Waals surface area contributed by atoms with Crippen LogP contribution in [0.5, 0.6) is 0 Å². The summed E-state index contributed by atoms with van der Waals surface area (Å²) in [6.45, 7) is 2.35. The molecular formula is C15H21Br. The first-order valence-electron chi connectivity index (χ1n) is 6.53. The molecule has 0 spiro atoms. The molecule has 0 unspecified atom stereocenters. The molecule has 1 aliphatic rings. The average Bonchev–Trinajstić information content (AvgIpc) is 2.56. The highest BCUT2D eigenvalue weighted by Crippen LogP contribution is 2.41. The molecule has 0 heterocycles. The Kier molecular flexibility index (Phi) is 4.07. The van der Waals surface area contributed by atoms with Gasteiger partial charge in [0.05, 0.1) is 0 Å². The van der Waals surface area contributed by atoms with Crippen molar-refractivity contribution in [2.45, 2.75) is 57.3 Å². The van der Waals surface area contributed by atoms with E-state index in [9.17, 15) is 0 Å². The van der Waals surface area contributed by atoms with Gasteiger partial charge in [0.1, 0.15) is 0 Å². The van der Waals surface area contributed by atoms with Crippen molar-refractivity contribution in [3.63, 3.8) is 0 Å². The first kappa shape index (κ1) is 12.2. The fourth-order valence-corrected chi connectivity index (χ4v) is 3.32. The molecular weight excluding hydrogens is 260 g/mol. The molecule has 0 radical (unpaired) electrons. The molecule has 0 N–H and O–H groups in total. The van der Waals surface area contributed by atoms with E-state index in [-0.39, 0.29) is 0 Å². The van der Waals surface area contributed by atoms with Crippen LogP contribution in [-0.2, 0) is 5.41 Å². The lowest BCUT2D eigenvalue weighted by molar-refractivity contribution is 0.357. The second-order valence-electron chi connectivity index (χ2n) is 5.05. The van der Waals surface area contributed by atoms with Gasteiger partial charge in [0, 0.05) is 4.47 Å². The maximum atomic E-state index is 3.52. The molecule has 16 heavy (non-hydrogen) atoms. The standard InChI is InChI=1S/C15H21Br/c1-2-15(11-5-3-4-6-12-15)13-7-9-14(16)10-8-13/h7-10H,2-6,11-12H2,1H3. The molecule has 88 valence electrons. The second kappa shape index (κ2) is 5.35. The van der Waals surface area contributed by atoms with E-state index >= 15 is 0 Å². The van der Waals surface area contributed by atoms with Gasteiger partial charge >= 0.3 is 0 Å². The molecule has 2 rings (SSSR count). The van der Waals surface area contributed by atoms with Gasteiger partial charge in [-0.15, -0.1) is 0 Å². The zero-order valence-electron chi connectivity index (χ0n) is 10.1. The van der Waals surface area contributed by atoms with Gasteiger partial charge in [-0.1, -0.05) is 60.7 Å². The predicted molar refractivity (Wildman–Crippen MR) is 73.8 cm³/mol. The van der Waals surface area contributed by atoms with Crippen LogP contribution in [0.3, 0.4) is 0 Å². The highest BCUT2D eigenvalue weighted by atomic mass is 79.9. The quantitative estimate of drug-likeness (QED) is 0.632. The van der Waals surface area contributed by atoms with Crippen molar-refractivity contribution in [3.05, 3.63) is 34.3 Å². The summed E-state index contributed by atoms with van der Waals surface area (Å²) < 4.78 is 1.19. The van der Waals surface area contributed by atoms with Crippen LogP contribution in [0.4, 0.5) is 0 Å². The number of hydrogen-bond donors (Lipinski definition) is 0. The van der Waals surface area contributed by atoms with E-state index < -0.39 is 0 Å². The van der Waals surface area contributed by atoms with Gasteiger partial charge in [-0.25, -0.2) is 0 Å². The van der Waals surface area contributed by atoms with E-state index in [4.69, 9.17) is 0 Å². The Balaban J connectivity index is 2.28. The molecule has 0 nitrogen and oxygen atoms in total. The van der Waals surface area contributed by atoms with Crippen LogP contribution in [-0.4, -0.2) is 0 Å². The van der Waals surface area contributed by atoms with E-state index in [1.807, 2.05) is 0 Å². The first-order valence-corrected chi connectivity index (χ1v) is 7.32. The number of rotatable bonds is 2. The van der Waals surface area contributed by atoms with E-state index in [0.717, 1.165) is 0 Å². The van der Waals surface area contributed by atoms with Crippen LogP contribution in [0.15, 0.2) is 28.7 Å². The van der Waals surface area contributed by atoms with Crippen LogP contribution in [0.1, 0.15) is 57.4 Å². The SMILES string of the molecule is CCC1(c2ccc(Br)cc2)CCCCCC1. The van der Waals surface area contributed by atoms with Gasteiger partial charge in [0.15, 0.2) is 0 Å². The Morgan fingerprint density at radius 1 is 1.00 bits per heavy atom. The Morgan fingerprint density at radius 3 is 2.06 bits per heavy atom. The largest absolute Gasteiger partial charge is 0.0645 e. The molecule has 1 saturated carbocycles. The minimum atomic E-state index is 0.469.